The van der Waals surface area contributed by atoms with Crippen LogP contribution in [-0.4, -0.2) is 58.0 Å². The van der Waals surface area contributed by atoms with Gasteiger partial charge in [-0.15, -0.1) is 0 Å². The fourth-order valence-corrected chi connectivity index (χ4v) is 6.48. The molecule has 3 aromatic rings. The van der Waals surface area contributed by atoms with Gasteiger partial charge in [-0.2, -0.15) is 4.31 Å². The normalized spacial score (nSPS) is 18.4. The quantitative estimate of drug-likeness (QED) is 0.543. The molecule has 8 heteroatoms. The number of hydrogen-bond acceptors (Lipinski definition) is 5. The molecule has 0 bridgehead atoms. The zero-order valence-electron chi connectivity index (χ0n) is 19.9. The molecule has 0 unspecified atom stereocenters. The van der Waals surface area contributed by atoms with E-state index < -0.39 is 10.0 Å². The number of carbonyl (C=O) groups is 1. The van der Waals surface area contributed by atoms with Crippen LogP contribution in [0, 0.1) is 0 Å². The van der Waals surface area contributed by atoms with Gasteiger partial charge in [0.15, 0.2) is 0 Å². The topological polar surface area (TPSA) is 70.2 Å². The summed E-state index contributed by atoms with van der Waals surface area (Å²) in [4.78, 5) is 17.3. The number of fused-ring (bicyclic) bond motifs is 1. The van der Waals surface area contributed by atoms with E-state index >= 15 is 0 Å². The third-order valence-corrected chi connectivity index (χ3v) is 8.70. The Hall–Kier alpha value is -3.36. The van der Waals surface area contributed by atoms with Gasteiger partial charge in [0, 0.05) is 43.5 Å². The molecule has 7 nitrogen and oxygen atoms in total. The van der Waals surface area contributed by atoms with Crippen LogP contribution in [0.25, 0.3) is 0 Å². The lowest BCUT2D eigenvalue weighted by atomic mass is 10.1. The van der Waals surface area contributed by atoms with Crippen LogP contribution in [0.5, 0.6) is 5.75 Å². The van der Waals surface area contributed by atoms with Crippen LogP contribution >= 0.6 is 0 Å². The van der Waals surface area contributed by atoms with E-state index in [1.165, 1.54) is 0 Å². The molecular weight excluding hydrogens is 462 g/mol. The molecule has 1 amide bonds. The predicted octanol–water partition coefficient (Wildman–Crippen LogP) is 3.80. The van der Waals surface area contributed by atoms with E-state index in [-0.39, 0.29) is 16.8 Å². The zero-order chi connectivity index (χ0) is 24.6. The number of benzene rings is 3. The van der Waals surface area contributed by atoms with E-state index in [1.54, 1.807) is 46.6 Å². The van der Waals surface area contributed by atoms with Gasteiger partial charge < -0.3 is 14.5 Å². The van der Waals surface area contributed by atoms with Crippen LogP contribution in [0.2, 0.25) is 0 Å². The lowest BCUT2D eigenvalue weighted by Gasteiger charge is -2.36. The molecule has 3 aromatic carbocycles. The van der Waals surface area contributed by atoms with Crippen LogP contribution in [0.1, 0.15) is 22.8 Å². The van der Waals surface area contributed by atoms with Crippen molar-refractivity contribution < 1.29 is 17.9 Å². The molecule has 1 atom stereocenters. The zero-order valence-corrected chi connectivity index (χ0v) is 20.7. The number of sulfonamides is 1. The Morgan fingerprint density at radius 2 is 1.57 bits per heavy atom. The maximum absolute atomic E-state index is 13.5. The Bertz CT molecular complexity index is 1340. The van der Waals surface area contributed by atoms with Crippen molar-refractivity contribution in [3.63, 3.8) is 0 Å². The van der Waals surface area contributed by atoms with Crippen molar-refractivity contribution in [1.29, 1.82) is 0 Å². The van der Waals surface area contributed by atoms with Crippen molar-refractivity contribution in [3.8, 4) is 5.75 Å². The summed E-state index contributed by atoms with van der Waals surface area (Å²) in [6.07, 6.45) is 0.624. The average Bonchev–Trinajstić information content (AvgIpc) is 3.23. The number of hydrogen-bond donors (Lipinski definition) is 0. The van der Waals surface area contributed by atoms with E-state index in [4.69, 9.17) is 4.74 Å². The van der Waals surface area contributed by atoms with Crippen LogP contribution in [0.4, 0.5) is 11.4 Å². The smallest absolute Gasteiger partial charge is 0.258 e. The molecule has 0 aliphatic carbocycles. The second-order valence-corrected chi connectivity index (χ2v) is 10.9. The Morgan fingerprint density at radius 3 is 2.29 bits per heavy atom. The van der Waals surface area contributed by atoms with Gasteiger partial charge in [0.2, 0.25) is 10.0 Å². The second-order valence-electron chi connectivity index (χ2n) is 8.95. The molecule has 182 valence electrons. The Kier molecular flexibility index (Phi) is 6.25. The van der Waals surface area contributed by atoms with Crippen molar-refractivity contribution in [3.05, 3.63) is 83.9 Å². The van der Waals surface area contributed by atoms with Crippen LogP contribution in [0.15, 0.2) is 77.7 Å². The molecule has 0 spiro atoms. The fourth-order valence-electron chi connectivity index (χ4n) is 5.01. The molecule has 5 rings (SSSR count). The monoisotopic (exact) mass is 491 g/mol. The third kappa shape index (κ3) is 4.28. The summed E-state index contributed by atoms with van der Waals surface area (Å²) in [5.74, 6) is 0.714. The van der Waals surface area contributed by atoms with E-state index in [1.807, 2.05) is 49.4 Å². The molecule has 0 radical (unpaired) electrons. The van der Waals surface area contributed by atoms with Gasteiger partial charge in [-0.25, -0.2) is 8.42 Å². The molecule has 1 fully saturated rings. The van der Waals surface area contributed by atoms with E-state index in [0.717, 1.165) is 22.7 Å². The van der Waals surface area contributed by atoms with Gasteiger partial charge >= 0.3 is 0 Å². The third-order valence-electron chi connectivity index (χ3n) is 6.81. The molecular formula is C27H29N3O4S. The number of carbonyl (C=O) groups excluding carboxylic acids is 1. The maximum Gasteiger partial charge on any atom is 0.258 e. The minimum atomic E-state index is -3.64. The molecule has 2 aliphatic rings. The lowest BCUT2D eigenvalue weighted by molar-refractivity contribution is 0.0981. The number of methoxy groups -OCH3 is 1. The summed E-state index contributed by atoms with van der Waals surface area (Å²) in [5.41, 5.74) is 3.26. The summed E-state index contributed by atoms with van der Waals surface area (Å²) in [5, 5.41) is 0. The minimum Gasteiger partial charge on any atom is -0.495 e. The largest absolute Gasteiger partial charge is 0.495 e. The summed E-state index contributed by atoms with van der Waals surface area (Å²) >= 11 is 0. The SMILES string of the molecule is COc1ccccc1N1CCN(S(=O)(=O)c2ccc3c(c2)C[C@@H](C)N3C(=O)c2ccccc2)CC1. The molecule has 0 saturated carbocycles. The maximum atomic E-state index is 13.5. The van der Waals surface area contributed by atoms with Crippen LogP contribution in [0.3, 0.4) is 0 Å². The van der Waals surface area contributed by atoms with Crippen molar-refractivity contribution in [2.24, 2.45) is 0 Å². The molecule has 0 N–H and O–H groups in total. The Labute approximate surface area is 206 Å². The van der Waals surface area contributed by atoms with Gasteiger partial charge in [0.25, 0.3) is 5.91 Å². The highest BCUT2D eigenvalue weighted by Crippen LogP contribution is 2.36. The van der Waals surface area contributed by atoms with Gasteiger partial charge in [-0.05, 0) is 61.4 Å². The number of anilines is 2. The average molecular weight is 492 g/mol. The van der Waals surface area contributed by atoms with Crippen LogP contribution < -0.4 is 14.5 Å². The first-order valence-corrected chi connectivity index (χ1v) is 13.2. The molecule has 0 aromatic heterocycles. The highest BCUT2D eigenvalue weighted by Gasteiger charge is 2.34. The number of piperazine rings is 1. The van der Waals surface area contributed by atoms with Gasteiger partial charge in [0.05, 0.1) is 17.7 Å². The second kappa shape index (κ2) is 9.36. The number of para-hydroxylation sites is 2. The first kappa shape index (κ1) is 23.4. The van der Waals surface area contributed by atoms with Crippen molar-refractivity contribution in [2.45, 2.75) is 24.3 Å². The number of nitrogens with zero attached hydrogens (tertiary/aromatic N) is 3. The summed E-state index contributed by atoms with van der Waals surface area (Å²) in [6.45, 7) is 3.95. The summed E-state index contributed by atoms with van der Waals surface area (Å²) in [6, 6.07) is 22.1. The van der Waals surface area contributed by atoms with Crippen LogP contribution in [-0.2, 0) is 16.4 Å². The fraction of sp³-hybridized carbons (Fsp3) is 0.296. The highest BCUT2D eigenvalue weighted by atomic mass is 32.2. The van der Waals surface area contributed by atoms with Crippen molar-refractivity contribution >= 4 is 27.3 Å². The Balaban J connectivity index is 1.34. The Morgan fingerprint density at radius 1 is 0.886 bits per heavy atom. The van der Waals surface area contributed by atoms with E-state index in [0.29, 0.717) is 38.2 Å². The highest BCUT2D eigenvalue weighted by molar-refractivity contribution is 7.89. The molecule has 1 saturated heterocycles. The van der Waals surface area contributed by atoms with Gasteiger partial charge in [-0.1, -0.05) is 30.3 Å². The van der Waals surface area contributed by atoms with E-state index in [9.17, 15) is 13.2 Å². The number of rotatable bonds is 5. The number of ether oxygens (including phenoxy) is 1. The summed E-state index contributed by atoms with van der Waals surface area (Å²) in [7, 11) is -2.00. The first-order chi connectivity index (χ1) is 16.9. The van der Waals surface area contributed by atoms with Gasteiger partial charge in [-0.3, -0.25) is 4.79 Å². The number of amides is 1. The van der Waals surface area contributed by atoms with Crippen molar-refractivity contribution in [1.82, 2.24) is 4.31 Å². The molecule has 2 heterocycles. The first-order valence-electron chi connectivity index (χ1n) is 11.8. The standard InChI is InChI=1S/C27H29N3O4S/c1-20-18-22-19-23(12-13-24(22)30(20)27(31)21-8-4-3-5-9-21)35(32,33)29-16-14-28(15-17-29)25-10-6-7-11-26(25)34-2/h3-13,19-20H,14-18H2,1-2H3/t20-/m1/s1. The predicted molar refractivity (Wildman–Crippen MR) is 137 cm³/mol. The molecule has 2 aliphatic heterocycles. The lowest BCUT2D eigenvalue weighted by Crippen LogP contribution is -2.48. The minimum absolute atomic E-state index is 0.0416. The van der Waals surface area contributed by atoms with E-state index in [2.05, 4.69) is 4.90 Å². The van der Waals surface area contributed by atoms with Gasteiger partial charge in [0.1, 0.15) is 5.75 Å². The molecule has 35 heavy (non-hydrogen) atoms. The van der Waals surface area contributed by atoms with Crippen molar-refractivity contribution in [2.75, 3.05) is 43.1 Å². The summed E-state index contributed by atoms with van der Waals surface area (Å²) < 4.78 is 34.0.